The van der Waals surface area contributed by atoms with Crippen LogP contribution in [-0.2, 0) is 14.2 Å². The third-order valence-electron chi connectivity index (χ3n) is 5.04. The van der Waals surface area contributed by atoms with Gasteiger partial charge in [0.1, 0.15) is 24.1 Å². The molecule has 3 aromatic rings. The fraction of sp³-hybridized carbons (Fsp3) is 0.389. The number of rotatable bonds is 2. The molecule has 8 nitrogen and oxygen atoms in total. The topological polar surface area (TPSA) is 97.3 Å². The molecule has 0 bridgehead atoms. The zero-order valence-electron chi connectivity index (χ0n) is 14.3. The van der Waals surface area contributed by atoms with Crippen LogP contribution in [-0.4, -0.2) is 51.1 Å². The van der Waals surface area contributed by atoms with Crippen molar-refractivity contribution < 1.29 is 18.6 Å². The zero-order valence-corrected chi connectivity index (χ0v) is 14.3. The maximum Gasteiger partial charge on any atom is 0.184 e. The van der Waals surface area contributed by atoms with Crippen molar-refractivity contribution in [2.45, 2.75) is 30.7 Å². The molecule has 2 aliphatic heterocycles. The van der Waals surface area contributed by atoms with E-state index in [2.05, 4.69) is 15.0 Å². The molecule has 27 heavy (non-hydrogen) atoms. The number of alkyl halides is 1. The largest absolute Gasteiger partial charge is 0.382 e. The van der Waals surface area contributed by atoms with Gasteiger partial charge in [-0.25, -0.2) is 19.3 Å². The van der Waals surface area contributed by atoms with Crippen molar-refractivity contribution >= 4 is 17.0 Å². The number of ether oxygens (including phenoxy) is 3. The first-order valence-corrected chi connectivity index (χ1v) is 8.73. The summed E-state index contributed by atoms with van der Waals surface area (Å²) in [6.45, 7) is 0.442. The minimum atomic E-state index is -1.31. The van der Waals surface area contributed by atoms with Crippen LogP contribution in [0.25, 0.3) is 11.2 Å². The average molecular weight is 371 g/mol. The monoisotopic (exact) mass is 371 g/mol. The predicted molar refractivity (Wildman–Crippen MR) is 93.4 cm³/mol. The fourth-order valence-electron chi connectivity index (χ4n) is 3.63. The van der Waals surface area contributed by atoms with E-state index in [0.717, 1.165) is 5.56 Å². The first kappa shape index (κ1) is 16.5. The normalized spacial score (nSPS) is 30.9. The summed E-state index contributed by atoms with van der Waals surface area (Å²) in [5.74, 6) is 0.259. The Morgan fingerprint density at radius 2 is 1.93 bits per heavy atom. The highest BCUT2D eigenvalue weighted by atomic mass is 19.1. The molecule has 5 rings (SSSR count). The average Bonchev–Trinajstić information content (AvgIpc) is 3.14. The van der Waals surface area contributed by atoms with Gasteiger partial charge < -0.3 is 24.5 Å². The number of fused-ring (bicyclic) bond motifs is 2. The summed E-state index contributed by atoms with van der Waals surface area (Å²) in [6.07, 6.45) is -0.278. The van der Waals surface area contributed by atoms with Crippen LogP contribution in [0.2, 0.25) is 0 Å². The van der Waals surface area contributed by atoms with Crippen LogP contribution in [0, 0.1) is 0 Å². The Bertz CT molecular complexity index is 953. The maximum absolute atomic E-state index is 15.5. The van der Waals surface area contributed by atoms with Gasteiger partial charge in [0.05, 0.1) is 25.6 Å². The molecule has 2 fully saturated rings. The van der Waals surface area contributed by atoms with Gasteiger partial charge in [-0.05, 0) is 0 Å². The van der Waals surface area contributed by atoms with Gasteiger partial charge in [0.2, 0.25) is 0 Å². The quantitative estimate of drug-likeness (QED) is 0.733. The Labute approximate surface area is 154 Å². The molecule has 2 aromatic heterocycles. The van der Waals surface area contributed by atoms with Gasteiger partial charge in [0, 0.05) is 5.56 Å². The summed E-state index contributed by atoms with van der Waals surface area (Å²) >= 11 is 0. The minimum Gasteiger partial charge on any atom is -0.382 e. The predicted octanol–water partition coefficient (Wildman–Crippen LogP) is 1.80. The van der Waals surface area contributed by atoms with Gasteiger partial charge in [-0.2, -0.15) is 0 Å². The summed E-state index contributed by atoms with van der Waals surface area (Å²) < 4.78 is 34.6. The Kier molecular flexibility index (Phi) is 4.00. The van der Waals surface area contributed by atoms with Gasteiger partial charge in [0.15, 0.2) is 23.9 Å². The van der Waals surface area contributed by atoms with E-state index < -0.39 is 30.7 Å². The third-order valence-corrected chi connectivity index (χ3v) is 5.04. The van der Waals surface area contributed by atoms with Crippen molar-refractivity contribution in [3.05, 3.63) is 48.5 Å². The van der Waals surface area contributed by atoms with E-state index >= 15 is 4.39 Å². The minimum absolute atomic E-state index is 0.167. The molecule has 1 unspecified atom stereocenters. The van der Waals surface area contributed by atoms with Crippen molar-refractivity contribution in [3.8, 4) is 0 Å². The smallest absolute Gasteiger partial charge is 0.184 e. The Morgan fingerprint density at radius 1 is 1.07 bits per heavy atom. The number of hydrogen-bond donors (Lipinski definition) is 1. The van der Waals surface area contributed by atoms with Crippen LogP contribution in [0.4, 0.5) is 10.2 Å². The van der Waals surface area contributed by atoms with Gasteiger partial charge in [0.25, 0.3) is 0 Å². The van der Waals surface area contributed by atoms with Gasteiger partial charge in [-0.15, -0.1) is 0 Å². The fourth-order valence-corrected chi connectivity index (χ4v) is 3.63. The summed E-state index contributed by atoms with van der Waals surface area (Å²) in [7, 11) is 0. The highest BCUT2D eigenvalue weighted by Gasteiger charge is 2.47. The molecule has 0 saturated carbocycles. The van der Waals surface area contributed by atoms with Gasteiger partial charge in [-0.1, -0.05) is 30.3 Å². The molecule has 140 valence electrons. The lowest BCUT2D eigenvalue weighted by Crippen LogP contribution is -2.54. The van der Waals surface area contributed by atoms with Crippen LogP contribution in [0.5, 0.6) is 0 Å². The lowest BCUT2D eigenvalue weighted by molar-refractivity contribution is -0.298. The molecule has 0 radical (unpaired) electrons. The number of imidazole rings is 1. The van der Waals surface area contributed by atoms with E-state index in [4.69, 9.17) is 19.9 Å². The number of hydrogen-bond acceptors (Lipinski definition) is 7. The lowest BCUT2D eigenvalue weighted by Gasteiger charge is -2.44. The Hall–Kier alpha value is -2.62. The van der Waals surface area contributed by atoms with Crippen molar-refractivity contribution in [3.63, 3.8) is 0 Å². The first-order chi connectivity index (χ1) is 13.2. The number of nitrogens with zero attached hydrogens (tertiary/aromatic N) is 4. The summed E-state index contributed by atoms with van der Waals surface area (Å²) in [5.41, 5.74) is 7.60. The summed E-state index contributed by atoms with van der Waals surface area (Å²) in [4.78, 5) is 12.3. The van der Waals surface area contributed by atoms with E-state index in [1.54, 1.807) is 4.57 Å². The standard InChI is InChI=1S/C18H18FN5O3/c19-13-11(24-9-23-14-16(20)21-8-22-17(14)24)6-25-12-7-26-18(27-15(12)13)10-4-2-1-3-5-10/h1-5,8-9,11-13,15,18H,6-7H2,(H2,20,21,22)/t11-,12-,13+,15-,18?/m1/s1. The number of benzene rings is 1. The third kappa shape index (κ3) is 2.75. The second-order valence-corrected chi connectivity index (χ2v) is 6.64. The van der Waals surface area contributed by atoms with Crippen molar-refractivity contribution in [2.75, 3.05) is 18.9 Å². The van der Waals surface area contributed by atoms with Gasteiger partial charge in [-0.3, -0.25) is 0 Å². The second kappa shape index (κ2) is 6.52. The summed E-state index contributed by atoms with van der Waals surface area (Å²) in [6, 6.07) is 8.85. The maximum atomic E-state index is 15.5. The molecule has 4 heterocycles. The molecular weight excluding hydrogens is 353 g/mol. The van der Waals surface area contributed by atoms with E-state index in [1.807, 2.05) is 30.3 Å². The van der Waals surface area contributed by atoms with Gasteiger partial charge >= 0.3 is 0 Å². The molecule has 0 spiro atoms. The molecule has 0 aliphatic carbocycles. The SMILES string of the molecule is Nc1ncnc2c1ncn2[C@@H]1CO[C@@H]2COC(c3ccccc3)O[C@H]2[C@H]1F. The number of nitrogens with two attached hydrogens (primary N) is 1. The number of anilines is 1. The molecule has 1 aromatic carbocycles. The zero-order chi connectivity index (χ0) is 18.4. The second-order valence-electron chi connectivity index (χ2n) is 6.64. The highest BCUT2D eigenvalue weighted by molar-refractivity contribution is 5.81. The first-order valence-electron chi connectivity index (χ1n) is 8.73. The number of halogens is 1. The Balaban J connectivity index is 1.43. The molecule has 2 aliphatic rings. The molecule has 2 saturated heterocycles. The van der Waals surface area contributed by atoms with Crippen LogP contribution >= 0.6 is 0 Å². The van der Waals surface area contributed by atoms with Crippen LogP contribution in [0.1, 0.15) is 17.9 Å². The highest BCUT2D eigenvalue weighted by Crippen LogP contribution is 2.37. The van der Waals surface area contributed by atoms with E-state index in [-0.39, 0.29) is 19.0 Å². The number of nitrogen functional groups attached to an aromatic ring is 1. The van der Waals surface area contributed by atoms with Crippen LogP contribution < -0.4 is 5.73 Å². The van der Waals surface area contributed by atoms with E-state index in [1.165, 1.54) is 12.7 Å². The van der Waals surface area contributed by atoms with E-state index in [9.17, 15) is 0 Å². The van der Waals surface area contributed by atoms with E-state index in [0.29, 0.717) is 11.2 Å². The van der Waals surface area contributed by atoms with Crippen molar-refractivity contribution in [2.24, 2.45) is 0 Å². The molecule has 0 amide bonds. The van der Waals surface area contributed by atoms with Crippen LogP contribution in [0.3, 0.4) is 0 Å². The lowest BCUT2D eigenvalue weighted by atomic mass is 9.98. The molecule has 5 atom stereocenters. The van der Waals surface area contributed by atoms with Crippen molar-refractivity contribution in [1.29, 1.82) is 0 Å². The Morgan fingerprint density at radius 3 is 2.78 bits per heavy atom. The molecular formula is C18H18FN5O3. The van der Waals surface area contributed by atoms with Crippen LogP contribution in [0.15, 0.2) is 43.0 Å². The number of aromatic nitrogens is 4. The molecule has 2 N–H and O–H groups in total. The summed E-state index contributed by atoms with van der Waals surface area (Å²) in [5, 5.41) is 0. The molecule has 9 heteroatoms. The van der Waals surface area contributed by atoms with Crippen molar-refractivity contribution in [1.82, 2.24) is 19.5 Å².